The van der Waals surface area contributed by atoms with Crippen LogP contribution in [0.3, 0.4) is 0 Å². The predicted molar refractivity (Wildman–Crippen MR) is 75.5 cm³/mol. The van der Waals surface area contributed by atoms with Crippen molar-refractivity contribution < 1.29 is 24.2 Å². The number of nitrogens with one attached hydrogen (secondary N) is 2. The van der Waals surface area contributed by atoms with Crippen molar-refractivity contribution in [3.05, 3.63) is 24.3 Å². The molecule has 2 unspecified atom stereocenters. The molecular formula is C14H18N2O5. The molecule has 1 saturated heterocycles. The largest absolute Gasteiger partial charge is 0.482 e. The van der Waals surface area contributed by atoms with E-state index < -0.39 is 12.6 Å². The van der Waals surface area contributed by atoms with Gasteiger partial charge in [-0.15, -0.1) is 0 Å². The van der Waals surface area contributed by atoms with E-state index in [9.17, 15) is 9.59 Å². The number of amides is 2. The number of aliphatic carboxylic acids is 1. The summed E-state index contributed by atoms with van der Waals surface area (Å²) in [6.07, 6.45) is 0.789. The van der Waals surface area contributed by atoms with Crippen LogP contribution in [0.1, 0.15) is 13.3 Å². The Hall–Kier alpha value is -2.28. The van der Waals surface area contributed by atoms with Gasteiger partial charge in [-0.1, -0.05) is 6.07 Å². The normalized spacial score (nSPS) is 20.8. The van der Waals surface area contributed by atoms with Crippen LogP contribution < -0.4 is 15.4 Å². The number of carboxylic acids is 1. The van der Waals surface area contributed by atoms with Gasteiger partial charge in [0.15, 0.2) is 6.61 Å². The number of carbonyl (C=O) groups excluding carboxylic acids is 1. The molecule has 0 spiro atoms. The first-order valence-electron chi connectivity index (χ1n) is 6.68. The van der Waals surface area contributed by atoms with E-state index in [1.165, 1.54) is 0 Å². The highest BCUT2D eigenvalue weighted by atomic mass is 16.5. The van der Waals surface area contributed by atoms with Gasteiger partial charge in [-0.2, -0.15) is 0 Å². The molecule has 2 rings (SSSR count). The molecule has 0 bridgehead atoms. The molecular weight excluding hydrogens is 276 g/mol. The standard InChI is InChI=1S/C14H18N2O5/c1-9-12(5-6-20-9)16-14(19)15-10-3-2-4-11(7-10)21-8-13(17)18/h2-4,7,9,12H,5-6,8H2,1H3,(H,17,18)(H2,15,16,19). The number of hydrogen-bond donors (Lipinski definition) is 3. The Labute approximate surface area is 122 Å². The first-order chi connectivity index (χ1) is 10.0. The fourth-order valence-corrected chi connectivity index (χ4v) is 2.07. The third-order valence-corrected chi connectivity index (χ3v) is 3.15. The molecule has 1 aromatic carbocycles. The molecule has 3 N–H and O–H groups in total. The number of anilines is 1. The Morgan fingerprint density at radius 2 is 2.29 bits per heavy atom. The maximum Gasteiger partial charge on any atom is 0.341 e. The number of urea groups is 1. The van der Waals surface area contributed by atoms with Gasteiger partial charge in [0.05, 0.1) is 12.1 Å². The summed E-state index contributed by atoms with van der Waals surface area (Å²) in [6, 6.07) is 6.23. The Kier molecular flexibility index (Phi) is 4.99. The summed E-state index contributed by atoms with van der Waals surface area (Å²) >= 11 is 0. The van der Waals surface area contributed by atoms with Crippen LogP contribution in [-0.2, 0) is 9.53 Å². The third-order valence-electron chi connectivity index (χ3n) is 3.15. The molecule has 114 valence electrons. The number of hydrogen-bond acceptors (Lipinski definition) is 4. The highest BCUT2D eigenvalue weighted by Crippen LogP contribution is 2.18. The van der Waals surface area contributed by atoms with Crippen LogP contribution in [0.2, 0.25) is 0 Å². The molecule has 1 aromatic rings. The average Bonchev–Trinajstić information content (AvgIpc) is 2.82. The molecule has 2 amide bonds. The molecule has 7 heteroatoms. The number of rotatable bonds is 5. The number of benzene rings is 1. The van der Waals surface area contributed by atoms with Gasteiger partial charge in [0.1, 0.15) is 5.75 Å². The summed E-state index contributed by atoms with van der Waals surface area (Å²) in [4.78, 5) is 22.3. The lowest BCUT2D eigenvalue weighted by Gasteiger charge is -2.16. The first-order valence-corrected chi connectivity index (χ1v) is 6.68. The highest BCUT2D eigenvalue weighted by molar-refractivity contribution is 5.89. The molecule has 0 aromatic heterocycles. The van der Waals surface area contributed by atoms with Crippen molar-refractivity contribution in [2.45, 2.75) is 25.5 Å². The van der Waals surface area contributed by atoms with Crippen LogP contribution in [0, 0.1) is 0 Å². The zero-order valence-electron chi connectivity index (χ0n) is 11.7. The fraction of sp³-hybridized carbons (Fsp3) is 0.429. The lowest BCUT2D eigenvalue weighted by molar-refractivity contribution is -0.139. The maximum absolute atomic E-state index is 11.9. The van der Waals surface area contributed by atoms with Gasteiger partial charge in [-0.3, -0.25) is 0 Å². The topological polar surface area (TPSA) is 96.9 Å². The minimum Gasteiger partial charge on any atom is -0.482 e. The van der Waals surface area contributed by atoms with Crippen LogP contribution in [-0.4, -0.2) is 42.5 Å². The summed E-state index contributed by atoms with van der Waals surface area (Å²) in [7, 11) is 0. The maximum atomic E-state index is 11.9. The second kappa shape index (κ2) is 6.94. The molecule has 2 atom stereocenters. The summed E-state index contributed by atoms with van der Waals surface area (Å²) in [5.74, 6) is -0.672. The van der Waals surface area contributed by atoms with Crippen molar-refractivity contribution in [1.82, 2.24) is 5.32 Å². The average molecular weight is 294 g/mol. The first kappa shape index (κ1) is 15.1. The molecule has 21 heavy (non-hydrogen) atoms. The molecule has 0 radical (unpaired) electrons. The van der Waals surface area contributed by atoms with Crippen molar-refractivity contribution in [2.24, 2.45) is 0 Å². The van der Waals surface area contributed by atoms with Gasteiger partial charge in [-0.25, -0.2) is 9.59 Å². The van der Waals surface area contributed by atoms with Gasteiger partial charge in [0.25, 0.3) is 0 Å². The number of carbonyl (C=O) groups is 2. The van der Waals surface area contributed by atoms with Crippen LogP contribution in [0.15, 0.2) is 24.3 Å². The zero-order chi connectivity index (χ0) is 15.2. The van der Waals surface area contributed by atoms with Crippen molar-refractivity contribution in [3.8, 4) is 5.75 Å². The van der Waals surface area contributed by atoms with Gasteiger partial charge in [0.2, 0.25) is 0 Å². The molecule has 1 aliphatic rings. The lowest BCUT2D eigenvalue weighted by atomic mass is 10.2. The van der Waals surface area contributed by atoms with E-state index >= 15 is 0 Å². The van der Waals surface area contributed by atoms with E-state index in [0.29, 0.717) is 18.0 Å². The molecule has 1 heterocycles. The van der Waals surface area contributed by atoms with Gasteiger partial charge >= 0.3 is 12.0 Å². The van der Waals surface area contributed by atoms with E-state index in [0.717, 1.165) is 6.42 Å². The minimum absolute atomic E-state index is 0.000911. The third kappa shape index (κ3) is 4.64. The Morgan fingerprint density at radius 3 is 2.95 bits per heavy atom. The van der Waals surface area contributed by atoms with Crippen molar-refractivity contribution in [1.29, 1.82) is 0 Å². The second-order valence-electron chi connectivity index (χ2n) is 4.78. The molecule has 1 fully saturated rings. The highest BCUT2D eigenvalue weighted by Gasteiger charge is 2.25. The minimum atomic E-state index is -1.05. The molecule has 1 aliphatic heterocycles. The summed E-state index contributed by atoms with van der Waals surface area (Å²) in [6.45, 7) is 2.13. The van der Waals surface area contributed by atoms with Crippen LogP contribution in [0.4, 0.5) is 10.5 Å². The SMILES string of the molecule is CC1OCCC1NC(=O)Nc1cccc(OCC(=O)O)c1. The van der Waals surface area contributed by atoms with E-state index in [-0.39, 0.29) is 18.2 Å². The Bertz CT molecular complexity index is 520. The van der Waals surface area contributed by atoms with E-state index in [2.05, 4.69) is 10.6 Å². The van der Waals surface area contributed by atoms with Gasteiger partial charge in [-0.05, 0) is 25.5 Å². The van der Waals surface area contributed by atoms with E-state index in [1.807, 2.05) is 6.92 Å². The van der Waals surface area contributed by atoms with Crippen LogP contribution >= 0.6 is 0 Å². The number of carboxylic acid groups (broad SMARTS) is 1. The second-order valence-corrected chi connectivity index (χ2v) is 4.78. The molecule has 0 aliphatic carbocycles. The Morgan fingerprint density at radius 1 is 1.48 bits per heavy atom. The van der Waals surface area contributed by atoms with Crippen molar-refractivity contribution in [3.63, 3.8) is 0 Å². The quantitative estimate of drug-likeness (QED) is 0.763. The predicted octanol–water partition coefficient (Wildman–Crippen LogP) is 1.45. The number of ether oxygens (including phenoxy) is 2. The van der Waals surface area contributed by atoms with E-state index in [1.54, 1.807) is 24.3 Å². The summed E-state index contributed by atoms with van der Waals surface area (Å²) in [5.41, 5.74) is 0.530. The lowest BCUT2D eigenvalue weighted by Crippen LogP contribution is -2.41. The fourth-order valence-electron chi connectivity index (χ4n) is 2.07. The molecule has 0 saturated carbocycles. The zero-order valence-corrected chi connectivity index (χ0v) is 11.7. The summed E-state index contributed by atoms with van der Waals surface area (Å²) < 4.78 is 10.4. The monoisotopic (exact) mass is 294 g/mol. The smallest absolute Gasteiger partial charge is 0.341 e. The van der Waals surface area contributed by atoms with Crippen molar-refractivity contribution in [2.75, 3.05) is 18.5 Å². The Balaban J connectivity index is 1.88. The van der Waals surface area contributed by atoms with Gasteiger partial charge in [0, 0.05) is 18.4 Å². The van der Waals surface area contributed by atoms with E-state index in [4.69, 9.17) is 14.6 Å². The molecule has 7 nitrogen and oxygen atoms in total. The van der Waals surface area contributed by atoms with Crippen LogP contribution in [0.25, 0.3) is 0 Å². The van der Waals surface area contributed by atoms with Gasteiger partial charge < -0.3 is 25.2 Å². The van der Waals surface area contributed by atoms with Crippen LogP contribution in [0.5, 0.6) is 5.75 Å². The van der Waals surface area contributed by atoms with Crippen molar-refractivity contribution >= 4 is 17.7 Å². The summed E-state index contributed by atoms with van der Waals surface area (Å²) in [5, 5.41) is 14.1.